The predicted molar refractivity (Wildman–Crippen MR) is 77.4 cm³/mol. The van der Waals surface area contributed by atoms with Gasteiger partial charge in [-0.1, -0.05) is 6.07 Å². The van der Waals surface area contributed by atoms with Crippen molar-refractivity contribution in [3.8, 4) is 5.88 Å². The molecule has 0 spiro atoms. The SMILES string of the molecule is COc1nc(Nc2cc(C)ccc2Br)ccc1N. The van der Waals surface area contributed by atoms with Gasteiger partial charge in [-0.3, -0.25) is 0 Å². The van der Waals surface area contributed by atoms with Crippen molar-refractivity contribution >= 4 is 33.1 Å². The van der Waals surface area contributed by atoms with E-state index >= 15 is 0 Å². The highest BCUT2D eigenvalue weighted by atomic mass is 79.9. The van der Waals surface area contributed by atoms with Crippen LogP contribution in [0.2, 0.25) is 0 Å². The van der Waals surface area contributed by atoms with E-state index in [1.54, 1.807) is 13.2 Å². The lowest BCUT2D eigenvalue weighted by molar-refractivity contribution is 0.401. The van der Waals surface area contributed by atoms with Gasteiger partial charge in [0.05, 0.1) is 18.5 Å². The highest BCUT2D eigenvalue weighted by Crippen LogP contribution is 2.28. The van der Waals surface area contributed by atoms with Crippen molar-refractivity contribution in [2.75, 3.05) is 18.2 Å². The molecular formula is C13H14BrN3O. The lowest BCUT2D eigenvalue weighted by atomic mass is 10.2. The van der Waals surface area contributed by atoms with Crippen molar-refractivity contribution in [1.29, 1.82) is 0 Å². The van der Waals surface area contributed by atoms with E-state index in [1.807, 2.05) is 31.2 Å². The highest BCUT2D eigenvalue weighted by Gasteiger charge is 2.05. The van der Waals surface area contributed by atoms with E-state index in [9.17, 15) is 0 Å². The molecule has 0 fully saturated rings. The summed E-state index contributed by atoms with van der Waals surface area (Å²) in [4.78, 5) is 4.28. The predicted octanol–water partition coefficient (Wildman–Crippen LogP) is 3.49. The molecule has 2 rings (SSSR count). The zero-order valence-electron chi connectivity index (χ0n) is 10.2. The fraction of sp³-hybridized carbons (Fsp3) is 0.154. The number of nitrogen functional groups attached to an aromatic ring is 1. The number of nitrogens with one attached hydrogen (secondary N) is 1. The number of aryl methyl sites for hydroxylation is 1. The Hall–Kier alpha value is -1.75. The fourth-order valence-corrected chi connectivity index (χ4v) is 1.90. The van der Waals surface area contributed by atoms with Gasteiger partial charge in [0, 0.05) is 4.47 Å². The van der Waals surface area contributed by atoms with Crippen LogP contribution in [-0.4, -0.2) is 12.1 Å². The molecule has 0 atom stereocenters. The molecule has 4 nitrogen and oxygen atoms in total. The molecular weight excluding hydrogens is 294 g/mol. The summed E-state index contributed by atoms with van der Waals surface area (Å²) in [6, 6.07) is 9.64. The summed E-state index contributed by atoms with van der Waals surface area (Å²) < 4.78 is 6.07. The van der Waals surface area contributed by atoms with E-state index in [4.69, 9.17) is 10.5 Å². The largest absolute Gasteiger partial charge is 0.479 e. The average molecular weight is 308 g/mol. The maximum absolute atomic E-state index is 5.72. The summed E-state index contributed by atoms with van der Waals surface area (Å²) in [5.41, 5.74) is 8.37. The Balaban J connectivity index is 2.31. The van der Waals surface area contributed by atoms with Crippen LogP contribution in [0.25, 0.3) is 0 Å². The maximum atomic E-state index is 5.72. The Morgan fingerprint density at radius 1 is 1.28 bits per heavy atom. The first kappa shape index (κ1) is 12.7. The van der Waals surface area contributed by atoms with Gasteiger partial charge in [-0.05, 0) is 52.7 Å². The lowest BCUT2D eigenvalue weighted by Gasteiger charge is -2.10. The number of aromatic nitrogens is 1. The van der Waals surface area contributed by atoms with Crippen molar-refractivity contribution in [2.45, 2.75) is 6.92 Å². The number of anilines is 3. The number of pyridine rings is 1. The second-order valence-electron chi connectivity index (χ2n) is 3.90. The number of rotatable bonds is 3. The molecule has 0 unspecified atom stereocenters. The number of halogens is 1. The van der Waals surface area contributed by atoms with Crippen LogP contribution in [0.3, 0.4) is 0 Å². The van der Waals surface area contributed by atoms with E-state index in [0.29, 0.717) is 17.4 Å². The molecule has 0 amide bonds. The van der Waals surface area contributed by atoms with Crippen molar-refractivity contribution in [3.63, 3.8) is 0 Å². The van der Waals surface area contributed by atoms with Gasteiger partial charge in [0.15, 0.2) is 0 Å². The van der Waals surface area contributed by atoms with Crippen molar-refractivity contribution in [1.82, 2.24) is 4.98 Å². The number of benzene rings is 1. The van der Waals surface area contributed by atoms with Crippen LogP contribution in [-0.2, 0) is 0 Å². The van der Waals surface area contributed by atoms with Gasteiger partial charge in [-0.2, -0.15) is 4.98 Å². The molecule has 0 radical (unpaired) electrons. The molecule has 94 valence electrons. The van der Waals surface area contributed by atoms with Crippen LogP contribution in [0, 0.1) is 6.92 Å². The Morgan fingerprint density at radius 2 is 2.06 bits per heavy atom. The molecule has 5 heteroatoms. The van der Waals surface area contributed by atoms with Crippen LogP contribution in [0.4, 0.5) is 17.2 Å². The topological polar surface area (TPSA) is 60.2 Å². The molecule has 0 aliphatic heterocycles. The summed E-state index contributed by atoms with van der Waals surface area (Å²) in [6.45, 7) is 2.04. The Kier molecular flexibility index (Phi) is 3.72. The van der Waals surface area contributed by atoms with Crippen molar-refractivity contribution in [3.05, 3.63) is 40.4 Å². The zero-order chi connectivity index (χ0) is 13.1. The molecule has 1 aromatic heterocycles. The molecule has 0 saturated carbocycles. The fourth-order valence-electron chi connectivity index (χ4n) is 1.56. The van der Waals surface area contributed by atoms with Crippen molar-refractivity contribution < 1.29 is 4.74 Å². The molecule has 0 saturated heterocycles. The molecule has 1 aromatic carbocycles. The smallest absolute Gasteiger partial charge is 0.238 e. The van der Waals surface area contributed by atoms with E-state index in [0.717, 1.165) is 10.2 Å². The molecule has 3 N–H and O–H groups in total. The molecule has 1 heterocycles. The lowest BCUT2D eigenvalue weighted by Crippen LogP contribution is -1.99. The second-order valence-corrected chi connectivity index (χ2v) is 4.76. The molecule has 0 aliphatic carbocycles. The number of hydrogen-bond acceptors (Lipinski definition) is 4. The minimum atomic E-state index is 0.420. The number of nitrogens with two attached hydrogens (primary N) is 1. The molecule has 0 bridgehead atoms. The Morgan fingerprint density at radius 3 is 2.78 bits per heavy atom. The highest BCUT2D eigenvalue weighted by molar-refractivity contribution is 9.10. The van der Waals surface area contributed by atoms with Gasteiger partial charge >= 0.3 is 0 Å². The zero-order valence-corrected chi connectivity index (χ0v) is 11.8. The van der Waals surface area contributed by atoms with Gasteiger partial charge < -0.3 is 15.8 Å². The number of hydrogen-bond donors (Lipinski definition) is 2. The van der Waals surface area contributed by atoms with E-state index in [-0.39, 0.29) is 0 Å². The summed E-state index contributed by atoms with van der Waals surface area (Å²) in [6.07, 6.45) is 0. The summed E-state index contributed by atoms with van der Waals surface area (Å²) in [5.74, 6) is 1.11. The number of ether oxygens (including phenoxy) is 1. The Bertz CT molecular complexity index is 572. The summed E-state index contributed by atoms with van der Waals surface area (Å²) >= 11 is 3.49. The quantitative estimate of drug-likeness (QED) is 0.911. The monoisotopic (exact) mass is 307 g/mol. The third kappa shape index (κ3) is 2.73. The maximum Gasteiger partial charge on any atom is 0.238 e. The molecule has 2 aromatic rings. The average Bonchev–Trinajstić information content (AvgIpc) is 2.36. The molecule has 0 aliphatic rings. The Labute approximate surface area is 114 Å². The number of methoxy groups -OCH3 is 1. The van der Waals surface area contributed by atoms with Crippen LogP contribution >= 0.6 is 15.9 Å². The van der Waals surface area contributed by atoms with Gasteiger partial charge in [0.2, 0.25) is 5.88 Å². The minimum absolute atomic E-state index is 0.420. The van der Waals surface area contributed by atoms with Gasteiger partial charge in [0.1, 0.15) is 5.82 Å². The second kappa shape index (κ2) is 5.27. The van der Waals surface area contributed by atoms with Gasteiger partial charge in [0.25, 0.3) is 0 Å². The standard InChI is InChI=1S/C13H14BrN3O/c1-8-3-4-9(14)11(7-8)16-12-6-5-10(15)13(17-12)18-2/h3-7H,15H2,1-2H3,(H,16,17). The normalized spacial score (nSPS) is 10.2. The first-order valence-electron chi connectivity index (χ1n) is 5.44. The number of nitrogens with zero attached hydrogens (tertiary/aromatic N) is 1. The first-order valence-corrected chi connectivity index (χ1v) is 6.23. The van der Waals surface area contributed by atoms with Crippen LogP contribution < -0.4 is 15.8 Å². The third-order valence-electron chi connectivity index (χ3n) is 2.47. The van der Waals surface area contributed by atoms with Crippen molar-refractivity contribution in [2.24, 2.45) is 0 Å². The van der Waals surface area contributed by atoms with E-state index in [2.05, 4.69) is 26.2 Å². The third-order valence-corrected chi connectivity index (χ3v) is 3.16. The van der Waals surface area contributed by atoms with Gasteiger partial charge in [-0.25, -0.2) is 0 Å². The van der Waals surface area contributed by atoms with Crippen LogP contribution in [0.15, 0.2) is 34.8 Å². The minimum Gasteiger partial charge on any atom is -0.479 e. The summed E-state index contributed by atoms with van der Waals surface area (Å²) in [7, 11) is 1.55. The van der Waals surface area contributed by atoms with Crippen LogP contribution in [0.1, 0.15) is 5.56 Å². The molecule has 18 heavy (non-hydrogen) atoms. The van der Waals surface area contributed by atoms with E-state index < -0.39 is 0 Å². The summed E-state index contributed by atoms with van der Waals surface area (Å²) in [5, 5.41) is 3.22. The first-order chi connectivity index (χ1) is 8.60. The van der Waals surface area contributed by atoms with Crippen LogP contribution in [0.5, 0.6) is 5.88 Å². The van der Waals surface area contributed by atoms with Gasteiger partial charge in [-0.15, -0.1) is 0 Å². The van der Waals surface area contributed by atoms with E-state index in [1.165, 1.54) is 5.56 Å².